The molecule has 94 valence electrons. The zero-order valence-electron chi connectivity index (χ0n) is 10.1. The minimum Gasteiger partial charge on any atom is -0.272 e. The summed E-state index contributed by atoms with van der Waals surface area (Å²) in [5.41, 5.74) is 1.82. The highest BCUT2D eigenvalue weighted by molar-refractivity contribution is 6.31. The Kier molecular flexibility index (Phi) is 3.08. The first-order valence-corrected chi connectivity index (χ1v) is 6.80. The second-order valence-electron chi connectivity index (χ2n) is 4.87. The Hall–Kier alpha value is -1.35. The lowest BCUT2D eigenvalue weighted by Gasteiger charge is -2.14. The molecular formula is C14H15ClN2O. The van der Waals surface area contributed by atoms with E-state index in [1.807, 2.05) is 12.1 Å². The van der Waals surface area contributed by atoms with Crippen LogP contribution < -0.4 is 5.01 Å². The van der Waals surface area contributed by atoms with Gasteiger partial charge >= 0.3 is 0 Å². The van der Waals surface area contributed by atoms with Crippen molar-refractivity contribution in [2.45, 2.75) is 32.1 Å². The average Bonchev–Trinajstić information content (AvgIpc) is 2.55. The van der Waals surface area contributed by atoms with Crippen LogP contribution in [0.3, 0.4) is 0 Å². The Morgan fingerprint density at radius 1 is 1.28 bits per heavy atom. The van der Waals surface area contributed by atoms with Crippen LogP contribution in [0.5, 0.6) is 0 Å². The number of hydrogen-bond acceptors (Lipinski definition) is 2. The maximum atomic E-state index is 12.4. The molecule has 1 amide bonds. The monoisotopic (exact) mass is 262 g/mol. The third-order valence-corrected chi connectivity index (χ3v) is 3.85. The molecule has 0 N–H and O–H groups in total. The SMILES string of the molecule is O=C1C2CCCCCC2=NN1c1cccc(Cl)c1. The van der Waals surface area contributed by atoms with Crippen LogP contribution in [0.4, 0.5) is 5.69 Å². The molecule has 2 aliphatic rings. The standard InChI is InChI=1S/C14H15ClN2O/c15-10-5-4-6-11(9-10)17-14(18)12-7-2-1-3-8-13(12)16-17/h4-6,9,12H,1-3,7-8H2. The number of benzene rings is 1. The Morgan fingerprint density at radius 2 is 2.17 bits per heavy atom. The molecule has 1 aliphatic heterocycles. The van der Waals surface area contributed by atoms with Gasteiger partial charge in [-0.05, 0) is 37.5 Å². The Labute approximate surface area is 111 Å². The van der Waals surface area contributed by atoms with Gasteiger partial charge in [-0.15, -0.1) is 0 Å². The van der Waals surface area contributed by atoms with Crippen molar-refractivity contribution in [1.29, 1.82) is 0 Å². The van der Waals surface area contributed by atoms with Crippen molar-refractivity contribution in [1.82, 2.24) is 0 Å². The summed E-state index contributed by atoms with van der Waals surface area (Å²) >= 11 is 5.96. The molecule has 3 rings (SSSR count). The molecule has 0 saturated heterocycles. The summed E-state index contributed by atoms with van der Waals surface area (Å²) in [4.78, 5) is 12.4. The summed E-state index contributed by atoms with van der Waals surface area (Å²) in [7, 11) is 0. The lowest BCUT2D eigenvalue weighted by Crippen LogP contribution is -2.26. The summed E-state index contributed by atoms with van der Waals surface area (Å²) in [5.74, 6) is 0.112. The molecular weight excluding hydrogens is 248 g/mol. The predicted molar refractivity (Wildman–Crippen MR) is 72.9 cm³/mol. The van der Waals surface area contributed by atoms with E-state index >= 15 is 0 Å². The van der Waals surface area contributed by atoms with Crippen molar-refractivity contribution >= 4 is 28.9 Å². The Balaban J connectivity index is 1.93. The third-order valence-electron chi connectivity index (χ3n) is 3.62. The van der Waals surface area contributed by atoms with E-state index < -0.39 is 0 Å². The summed E-state index contributed by atoms with van der Waals surface area (Å²) in [6.07, 6.45) is 5.37. The number of hydrazone groups is 1. The number of halogens is 1. The van der Waals surface area contributed by atoms with E-state index in [-0.39, 0.29) is 11.8 Å². The fourth-order valence-electron chi connectivity index (χ4n) is 2.68. The highest BCUT2D eigenvalue weighted by Gasteiger charge is 2.36. The van der Waals surface area contributed by atoms with E-state index in [0.29, 0.717) is 5.02 Å². The van der Waals surface area contributed by atoms with Gasteiger partial charge in [-0.2, -0.15) is 5.10 Å². The van der Waals surface area contributed by atoms with Crippen molar-refractivity contribution in [3.05, 3.63) is 29.3 Å². The van der Waals surface area contributed by atoms with Crippen molar-refractivity contribution in [3.8, 4) is 0 Å². The van der Waals surface area contributed by atoms with Crippen LogP contribution in [-0.4, -0.2) is 11.6 Å². The number of hydrogen-bond donors (Lipinski definition) is 0. The van der Waals surface area contributed by atoms with Gasteiger partial charge in [0.25, 0.3) is 5.91 Å². The molecule has 0 aromatic heterocycles. The van der Waals surface area contributed by atoms with Crippen LogP contribution in [0, 0.1) is 5.92 Å². The van der Waals surface area contributed by atoms with Gasteiger partial charge in [0.1, 0.15) is 0 Å². The van der Waals surface area contributed by atoms with Crippen LogP contribution in [0.25, 0.3) is 0 Å². The molecule has 0 radical (unpaired) electrons. The smallest absolute Gasteiger partial charge is 0.256 e. The first-order valence-electron chi connectivity index (χ1n) is 6.42. The van der Waals surface area contributed by atoms with Gasteiger partial charge in [-0.1, -0.05) is 30.5 Å². The molecule has 18 heavy (non-hydrogen) atoms. The van der Waals surface area contributed by atoms with Crippen molar-refractivity contribution < 1.29 is 4.79 Å². The molecule has 1 aromatic rings. The average molecular weight is 263 g/mol. The zero-order chi connectivity index (χ0) is 12.5. The van der Waals surface area contributed by atoms with E-state index in [0.717, 1.165) is 37.1 Å². The maximum absolute atomic E-state index is 12.4. The van der Waals surface area contributed by atoms with Crippen LogP contribution in [0.15, 0.2) is 29.4 Å². The Bertz CT molecular complexity index is 512. The summed E-state index contributed by atoms with van der Waals surface area (Å²) < 4.78 is 0. The largest absolute Gasteiger partial charge is 0.272 e. The minimum absolute atomic E-state index is 0.00600. The van der Waals surface area contributed by atoms with Gasteiger partial charge in [-0.25, -0.2) is 5.01 Å². The van der Waals surface area contributed by atoms with Crippen LogP contribution in [-0.2, 0) is 4.79 Å². The molecule has 1 atom stereocenters. The summed E-state index contributed by atoms with van der Waals surface area (Å²) in [6.45, 7) is 0. The van der Waals surface area contributed by atoms with Crippen molar-refractivity contribution in [2.24, 2.45) is 11.0 Å². The van der Waals surface area contributed by atoms with Crippen LogP contribution in [0.2, 0.25) is 5.02 Å². The first kappa shape index (κ1) is 11.7. The van der Waals surface area contributed by atoms with Crippen LogP contribution >= 0.6 is 11.6 Å². The second kappa shape index (κ2) is 4.73. The van der Waals surface area contributed by atoms with E-state index in [2.05, 4.69) is 5.10 Å². The van der Waals surface area contributed by atoms with Crippen LogP contribution in [0.1, 0.15) is 32.1 Å². The summed E-state index contributed by atoms with van der Waals surface area (Å²) in [6, 6.07) is 7.31. The number of amides is 1. The molecule has 1 unspecified atom stereocenters. The van der Waals surface area contributed by atoms with Gasteiger partial charge in [0, 0.05) is 5.02 Å². The quantitative estimate of drug-likeness (QED) is 0.761. The van der Waals surface area contributed by atoms with Gasteiger partial charge < -0.3 is 0 Å². The maximum Gasteiger partial charge on any atom is 0.256 e. The molecule has 0 spiro atoms. The lowest BCUT2D eigenvalue weighted by molar-refractivity contribution is -0.119. The highest BCUT2D eigenvalue weighted by Crippen LogP contribution is 2.32. The number of carbonyl (C=O) groups is 1. The topological polar surface area (TPSA) is 32.7 Å². The van der Waals surface area contributed by atoms with Gasteiger partial charge in [-0.3, -0.25) is 4.79 Å². The van der Waals surface area contributed by atoms with Crippen molar-refractivity contribution in [3.63, 3.8) is 0 Å². The van der Waals surface area contributed by atoms with Gasteiger partial charge in [0.05, 0.1) is 17.3 Å². The van der Waals surface area contributed by atoms with E-state index in [1.165, 1.54) is 11.4 Å². The molecule has 1 aromatic carbocycles. The predicted octanol–water partition coefficient (Wildman–Crippen LogP) is 3.62. The van der Waals surface area contributed by atoms with E-state index in [9.17, 15) is 4.79 Å². The molecule has 1 fully saturated rings. The second-order valence-corrected chi connectivity index (χ2v) is 5.31. The number of nitrogens with zero attached hydrogens (tertiary/aromatic N) is 2. The third kappa shape index (κ3) is 2.03. The highest BCUT2D eigenvalue weighted by atomic mass is 35.5. The number of fused-ring (bicyclic) bond motifs is 1. The number of rotatable bonds is 1. The van der Waals surface area contributed by atoms with Gasteiger partial charge in [0.15, 0.2) is 0 Å². The number of anilines is 1. The normalized spacial score (nSPS) is 23.6. The molecule has 4 heteroatoms. The first-order chi connectivity index (χ1) is 8.75. The lowest BCUT2D eigenvalue weighted by atomic mass is 9.98. The zero-order valence-corrected chi connectivity index (χ0v) is 10.9. The van der Waals surface area contributed by atoms with Crippen molar-refractivity contribution in [2.75, 3.05) is 5.01 Å². The van der Waals surface area contributed by atoms with Gasteiger partial charge in [0.2, 0.25) is 0 Å². The fraction of sp³-hybridized carbons (Fsp3) is 0.429. The fourth-order valence-corrected chi connectivity index (χ4v) is 2.86. The molecule has 1 aliphatic carbocycles. The molecule has 1 heterocycles. The van der Waals surface area contributed by atoms with E-state index in [4.69, 9.17) is 11.6 Å². The summed E-state index contributed by atoms with van der Waals surface area (Å²) in [5, 5.41) is 6.66. The molecule has 0 bridgehead atoms. The number of carbonyl (C=O) groups excluding carboxylic acids is 1. The molecule has 1 saturated carbocycles. The Morgan fingerprint density at radius 3 is 3.00 bits per heavy atom. The molecule has 3 nitrogen and oxygen atoms in total. The van der Waals surface area contributed by atoms with E-state index in [1.54, 1.807) is 12.1 Å². The minimum atomic E-state index is 0.00600.